The van der Waals surface area contributed by atoms with Gasteiger partial charge in [-0.2, -0.15) is 5.26 Å². The summed E-state index contributed by atoms with van der Waals surface area (Å²) < 4.78 is 1.71. The molecule has 5 heteroatoms. The predicted octanol–water partition coefficient (Wildman–Crippen LogP) is 2.57. The molecule has 0 aliphatic rings. The third kappa shape index (κ3) is 1.88. The first-order valence-corrected chi connectivity index (χ1v) is 4.96. The normalized spacial score (nSPS) is 9.88. The van der Waals surface area contributed by atoms with Crippen molar-refractivity contribution in [1.82, 2.24) is 4.57 Å². The van der Waals surface area contributed by atoms with Crippen molar-refractivity contribution in [1.29, 1.82) is 5.26 Å². The van der Waals surface area contributed by atoms with Gasteiger partial charge in [0.1, 0.15) is 11.8 Å². The number of rotatable bonds is 2. The fraction of sp³-hybridized carbons (Fsp3) is 0.0833. The van der Waals surface area contributed by atoms with Crippen LogP contribution in [0.2, 0.25) is 0 Å². The van der Waals surface area contributed by atoms with Crippen LogP contribution in [0.1, 0.15) is 11.3 Å². The van der Waals surface area contributed by atoms with Gasteiger partial charge >= 0.3 is 0 Å². The monoisotopic (exact) mass is 227 g/mol. The van der Waals surface area contributed by atoms with Crippen LogP contribution >= 0.6 is 0 Å². The van der Waals surface area contributed by atoms with Gasteiger partial charge in [-0.3, -0.25) is 10.1 Å². The number of hydrogen-bond acceptors (Lipinski definition) is 3. The molecule has 0 bridgehead atoms. The van der Waals surface area contributed by atoms with Gasteiger partial charge in [0.2, 0.25) is 0 Å². The van der Waals surface area contributed by atoms with Crippen molar-refractivity contribution in [2.75, 3.05) is 0 Å². The molecule has 0 amide bonds. The van der Waals surface area contributed by atoms with Gasteiger partial charge in [-0.15, -0.1) is 0 Å². The standard InChI is InChI=1S/C12H9N3O2/c1-9-7-10(15(16)17)4-5-12(9)14-6-2-3-11(14)8-13/h2-7H,1H3. The summed E-state index contributed by atoms with van der Waals surface area (Å²) in [4.78, 5) is 10.2. The number of benzene rings is 1. The number of hydrogen-bond donors (Lipinski definition) is 0. The van der Waals surface area contributed by atoms with Gasteiger partial charge in [0.15, 0.2) is 0 Å². The van der Waals surface area contributed by atoms with Crippen molar-refractivity contribution < 1.29 is 4.92 Å². The van der Waals surface area contributed by atoms with Crippen molar-refractivity contribution >= 4 is 5.69 Å². The first-order valence-electron chi connectivity index (χ1n) is 4.96. The summed E-state index contributed by atoms with van der Waals surface area (Å²) in [6.07, 6.45) is 1.76. The second kappa shape index (κ2) is 4.10. The molecule has 1 heterocycles. The van der Waals surface area contributed by atoms with Gasteiger partial charge in [-0.05, 0) is 30.7 Å². The molecule has 1 aromatic carbocycles. The zero-order valence-corrected chi connectivity index (χ0v) is 9.12. The summed E-state index contributed by atoms with van der Waals surface area (Å²) in [5, 5.41) is 19.5. The van der Waals surface area contributed by atoms with Crippen LogP contribution < -0.4 is 0 Å². The summed E-state index contributed by atoms with van der Waals surface area (Å²) >= 11 is 0. The zero-order chi connectivity index (χ0) is 12.4. The number of nitriles is 1. The molecule has 0 spiro atoms. The minimum absolute atomic E-state index is 0.0527. The van der Waals surface area contributed by atoms with Crippen LogP contribution in [0.4, 0.5) is 5.69 Å². The molecular formula is C12H9N3O2. The lowest BCUT2D eigenvalue weighted by Crippen LogP contribution is -1.99. The van der Waals surface area contributed by atoms with E-state index in [1.165, 1.54) is 12.1 Å². The molecule has 84 valence electrons. The third-order valence-corrected chi connectivity index (χ3v) is 2.51. The molecule has 2 aromatic rings. The van der Waals surface area contributed by atoms with E-state index >= 15 is 0 Å². The second-order valence-electron chi connectivity index (χ2n) is 3.60. The van der Waals surface area contributed by atoms with Crippen molar-refractivity contribution in [3.63, 3.8) is 0 Å². The Morgan fingerprint density at radius 3 is 2.76 bits per heavy atom. The van der Waals surface area contributed by atoms with Gasteiger partial charge in [-0.25, -0.2) is 0 Å². The Kier molecular flexibility index (Phi) is 2.63. The maximum atomic E-state index is 10.6. The van der Waals surface area contributed by atoms with E-state index in [-0.39, 0.29) is 5.69 Å². The van der Waals surface area contributed by atoms with Crippen LogP contribution in [0.5, 0.6) is 0 Å². The van der Waals surface area contributed by atoms with E-state index < -0.39 is 4.92 Å². The molecule has 0 saturated carbocycles. The maximum Gasteiger partial charge on any atom is 0.269 e. The van der Waals surface area contributed by atoms with Crippen LogP contribution in [-0.2, 0) is 0 Å². The molecule has 0 N–H and O–H groups in total. The summed E-state index contributed by atoms with van der Waals surface area (Å²) in [7, 11) is 0. The van der Waals surface area contributed by atoms with Crippen LogP contribution in [0, 0.1) is 28.4 Å². The Bertz CT molecular complexity index is 623. The predicted molar refractivity (Wildman–Crippen MR) is 61.9 cm³/mol. The Morgan fingerprint density at radius 1 is 1.41 bits per heavy atom. The van der Waals surface area contributed by atoms with E-state index in [1.54, 1.807) is 35.9 Å². The number of nitrogens with zero attached hydrogens (tertiary/aromatic N) is 3. The highest BCUT2D eigenvalue weighted by Crippen LogP contribution is 2.21. The molecule has 0 atom stereocenters. The van der Waals surface area contributed by atoms with Crippen LogP contribution in [0.15, 0.2) is 36.5 Å². The molecule has 5 nitrogen and oxygen atoms in total. The first-order chi connectivity index (χ1) is 8.13. The fourth-order valence-corrected chi connectivity index (χ4v) is 1.71. The highest BCUT2D eigenvalue weighted by Gasteiger charge is 2.10. The Morgan fingerprint density at radius 2 is 2.18 bits per heavy atom. The summed E-state index contributed by atoms with van der Waals surface area (Å²) in [5.74, 6) is 0. The number of nitro benzene ring substituents is 1. The number of nitro groups is 1. The summed E-state index contributed by atoms with van der Waals surface area (Å²) in [5.41, 5.74) is 2.09. The largest absolute Gasteiger partial charge is 0.308 e. The SMILES string of the molecule is Cc1cc([N+](=O)[O-])ccc1-n1cccc1C#N. The van der Waals surface area contributed by atoms with Crippen molar-refractivity contribution in [3.8, 4) is 11.8 Å². The lowest BCUT2D eigenvalue weighted by molar-refractivity contribution is -0.384. The zero-order valence-electron chi connectivity index (χ0n) is 9.12. The fourth-order valence-electron chi connectivity index (χ4n) is 1.71. The third-order valence-electron chi connectivity index (χ3n) is 2.51. The number of aromatic nitrogens is 1. The van der Waals surface area contributed by atoms with E-state index in [4.69, 9.17) is 5.26 Å². The molecule has 0 radical (unpaired) electrons. The van der Waals surface area contributed by atoms with Gasteiger partial charge in [0.05, 0.1) is 4.92 Å². The molecule has 0 saturated heterocycles. The molecule has 0 fully saturated rings. The highest BCUT2D eigenvalue weighted by atomic mass is 16.6. The van der Waals surface area contributed by atoms with E-state index in [0.29, 0.717) is 5.69 Å². The topological polar surface area (TPSA) is 71.9 Å². The summed E-state index contributed by atoms with van der Waals surface area (Å²) in [6.45, 7) is 1.78. The lowest BCUT2D eigenvalue weighted by atomic mass is 10.1. The Hall–Kier alpha value is -2.61. The molecule has 2 rings (SSSR count). The lowest BCUT2D eigenvalue weighted by Gasteiger charge is -2.08. The van der Waals surface area contributed by atoms with Gasteiger partial charge in [-0.1, -0.05) is 0 Å². The van der Waals surface area contributed by atoms with Crippen molar-refractivity contribution in [2.45, 2.75) is 6.92 Å². The smallest absolute Gasteiger partial charge is 0.269 e. The van der Waals surface area contributed by atoms with Crippen molar-refractivity contribution in [2.24, 2.45) is 0 Å². The Balaban J connectivity index is 2.55. The average Bonchev–Trinajstić information content (AvgIpc) is 2.76. The van der Waals surface area contributed by atoms with Gasteiger partial charge in [0.25, 0.3) is 5.69 Å². The molecule has 0 aliphatic heterocycles. The van der Waals surface area contributed by atoms with E-state index in [2.05, 4.69) is 6.07 Å². The minimum Gasteiger partial charge on any atom is -0.308 e. The first kappa shape index (κ1) is 10.9. The molecule has 0 aliphatic carbocycles. The van der Waals surface area contributed by atoms with E-state index in [0.717, 1.165) is 11.3 Å². The quantitative estimate of drug-likeness (QED) is 0.584. The Labute approximate surface area is 97.7 Å². The van der Waals surface area contributed by atoms with E-state index in [1.807, 2.05) is 0 Å². The molecular weight excluding hydrogens is 218 g/mol. The molecule has 1 aromatic heterocycles. The second-order valence-corrected chi connectivity index (χ2v) is 3.60. The number of aryl methyl sites for hydroxylation is 1. The van der Waals surface area contributed by atoms with Crippen LogP contribution in [0.25, 0.3) is 5.69 Å². The average molecular weight is 227 g/mol. The molecule has 0 unspecified atom stereocenters. The van der Waals surface area contributed by atoms with Gasteiger partial charge < -0.3 is 4.57 Å². The molecule has 17 heavy (non-hydrogen) atoms. The van der Waals surface area contributed by atoms with Crippen LogP contribution in [0.3, 0.4) is 0 Å². The van der Waals surface area contributed by atoms with E-state index in [9.17, 15) is 10.1 Å². The minimum atomic E-state index is -0.433. The maximum absolute atomic E-state index is 10.6. The highest BCUT2D eigenvalue weighted by molar-refractivity contribution is 5.50. The van der Waals surface area contributed by atoms with Gasteiger partial charge in [0, 0.05) is 24.0 Å². The summed E-state index contributed by atoms with van der Waals surface area (Å²) in [6, 6.07) is 10.1. The van der Waals surface area contributed by atoms with Crippen molar-refractivity contribution in [3.05, 3.63) is 57.9 Å². The van der Waals surface area contributed by atoms with Crippen LogP contribution in [-0.4, -0.2) is 9.49 Å². The number of non-ortho nitro benzene ring substituents is 1.